The molecule has 0 aromatic heterocycles. The Labute approximate surface area is 188 Å². The van der Waals surface area contributed by atoms with Crippen LogP contribution in [0.25, 0.3) is 0 Å². The minimum atomic E-state index is -0.334. The van der Waals surface area contributed by atoms with Gasteiger partial charge in [0, 0.05) is 30.1 Å². The highest BCUT2D eigenvalue weighted by Crippen LogP contribution is 2.43. The minimum Gasteiger partial charge on any atom is -0.353 e. The van der Waals surface area contributed by atoms with Gasteiger partial charge < -0.3 is 16.0 Å². The molecule has 2 aliphatic heterocycles. The highest BCUT2D eigenvalue weighted by molar-refractivity contribution is 6.30. The van der Waals surface area contributed by atoms with E-state index in [1.54, 1.807) is 12.2 Å². The SMILES string of the molecule is NCC1(c2cccc(Cl)c2)CCC(CCC2N=C(N3CCNC(=O)C3)C=CC2=O)CC1. The number of halogens is 1. The first kappa shape index (κ1) is 22.0. The van der Waals surface area contributed by atoms with E-state index in [2.05, 4.69) is 17.4 Å². The van der Waals surface area contributed by atoms with Crippen LogP contribution in [0.3, 0.4) is 0 Å². The fourth-order valence-corrected chi connectivity index (χ4v) is 5.29. The molecule has 1 saturated carbocycles. The molecule has 1 unspecified atom stereocenters. The van der Waals surface area contributed by atoms with Crippen molar-refractivity contribution in [2.24, 2.45) is 16.6 Å². The van der Waals surface area contributed by atoms with Crippen LogP contribution in [0, 0.1) is 5.92 Å². The highest BCUT2D eigenvalue weighted by Gasteiger charge is 2.36. The number of rotatable bonds is 5. The number of amides is 1. The third-order valence-corrected chi connectivity index (χ3v) is 7.35. The summed E-state index contributed by atoms with van der Waals surface area (Å²) in [5, 5.41) is 3.58. The Bertz CT molecular complexity index is 889. The minimum absolute atomic E-state index is 0.00102. The molecule has 1 atom stereocenters. The van der Waals surface area contributed by atoms with E-state index < -0.39 is 0 Å². The number of hydrogen-bond acceptors (Lipinski definition) is 5. The quantitative estimate of drug-likeness (QED) is 0.733. The van der Waals surface area contributed by atoms with Crippen LogP contribution >= 0.6 is 11.6 Å². The lowest BCUT2D eigenvalue weighted by Gasteiger charge is -2.40. The molecule has 2 fully saturated rings. The third-order valence-electron chi connectivity index (χ3n) is 7.11. The van der Waals surface area contributed by atoms with Gasteiger partial charge in [0.2, 0.25) is 5.91 Å². The molecular weight excluding hydrogens is 412 g/mol. The molecule has 7 heteroatoms. The van der Waals surface area contributed by atoms with Gasteiger partial charge in [0.1, 0.15) is 11.9 Å². The summed E-state index contributed by atoms with van der Waals surface area (Å²) in [5.74, 6) is 1.40. The van der Waals surface area contributed by atoms with Gasteiger partial charge in [-0.1, -0.05) is 23.7 Å². The smallest absolute Gasteiger partial charge is 0.239 e. The number of dihydropyridines is 1. The van der Waals surface area contributed by atoms with E-state index in [1.165, 1.54) is 5.56 Å². The first-order chi connectivity index (χ1) is 15.0. The number of hydrogen-bond donors (Lipinski definition) is 2. The molecule has 1 amide bonds. The van der Waals surface area contributed by atoms with Crippen molar-refractivity contribution >= 4 is 29.1 Å². The van der Waals surface area contributed by atoms with Crippen molar-refractivity contribution in [2.75, 3.05) is 26.2 Å². The van der Waals surface area contributed by atoms with Crippen molar-refractivity contribution in [2.45, 2.75) is 50.0 Å². The Morgan fingerprint density at radius 1 is 1.19 bits per heavy atom. The Hall–Kier alpha value is -2.18. The number of nitrogens with two attached hydrogens (primary N) is 1. The van der Waals surface area contributed by atoms with E-state index in [1.807, 2.05) is 17.0 Å². The van der Waals surface area contributed by atoms with E-state index in [9.17, 15) is 9.59 Å². The number of nitrogens with one attached hydrogen (secondary N) is 1. The maximum absolute atomic E-state index is 12.4. The molecule has 0 radical (unpaired) electrons. The number of carbonyl (C=O) groups excluding carboxylic acids is 2. The van der Waals surface area contributed by atoms with Gasteiger partial charge in [-0.2, -0.15) is 0 Å². The summed E-state index contributed by atoms with van der Waals surface area (Å²) in [6.07, 6.45) is 9.40. The molecule has 1 saturated heterocycles. The molecule has 4 rings (SSSR count). The summed E-state index contributed by atoms with van der Waals surface area (Å²) in [6.45, 7) is 2.27. The first-order valence-electron chi connectivity index (χ1n) is 11.3. The van der Waals surface area contributed by atoms with Crippen molar-refractivity contribution < 1.29 is 9.59 Å². The number of aliphatic imine (C=N–C) groups is 1. The molecule has 2 heterocycles. The summed E-state index contributed by atoms with van der Waals surface area (Å²) in [7, 11) is 0. The van der Waals surface area contributed by atoms with Crippen LogP contribution < -0.4 is 11.1 Å². The Morgan fingerprint density at radius 3 is 2.71 bits per heavy atom. The standard InChI is InChI=1S/C24H31ClN4O2/c25-19-3-1-2-18(14-19)24(16-26)10-8-17(9-11-24)4-5-20-21(30)6-7-22(28-20)29-13-12-27-23(31)15-29/h1-3,6-7,14,17,20H,4-5,8-13,15-16,26H2,(H,27,31). The van der Waals surface area contributed by atoms with Crippen LogP contribution in [0.1, 0.15) is 44.1 Å². The molecule has 0 bridgehead atoms. The number of carbonyl (C=O) groups is 2. The fraction of sp³-hybridized carbons (Fsp3) is 0.542. The van der Waals surface area contributed by atoms with Gasteiger partial charge in [-0.15, -0.1) is 0 Å². The molecule has 6 nitrogen and oxygen atoms in total. The first-order valence-corrected chi connectivity index (χ1v) is 11.6. The second-order valence-electron chi connectivity index (χ2n) is 9.03. The predicted octanol–water partition coefficient (Wildman–Crippen LogP) is 2.84. The highest BCUT2D eigenvalue weighted by atomic mass is 35.5. The zero-order chi connectivity index (χ0) is 21.8. The van der Waals surface area contributed by atoms with Crippen LogP contribution in [0.5, 0.6) is 0 Å². The van der Waals surface area contributed by atoms with Crippen LogP contribution in [-0.2, 0) is 15.0 Å². The van der Waals surface area contributed by atoms with Crippen LogP contribution in [-0.4, -0.2) is 54.6 Å². The van der Waals surface area contributed by atoms with Gasteiger partial charge in [-0.25, -0.2) is 0 Å². The van der Waals surface area contributed by atoms with E-state index in [-0.39, 0.29) is 23.1 Å². The Kier molecular flexibility index (Phi) is 6.77. The third kappa shape index (κ3) is 5.01. The molecule has 31 heavy (non-hydrogen) atoms. The lowest BCUT2D eigenvalue weighted by Crippen LogP contribution is -2.50. The molecule has 3 aliphatic rings. The fourth-order valence-electron chi connectivity index (χ4n) is 5.10. The Morgan fingerprint density at radius 2 is 2.00 bits per heavy atom. The zero-order valence-corrected chi connectivity index (χ0v) is 18.6. The van der Waals surface area contributed by atoms with Gasteiger partial charge in [0.05, 0.1) is 6.54 Å². The lowest BCUT2D eigenvalue weighted by atomic mass is 9.66. The van der Waals surface area contributed by atoms with Gasteiger partial charge in [0.15, 0.2) is 5.78 Å². The molecular formula is C24H31ClN4O2. The van der Waals surface area contributed by atoms with Crippen LogP contribution in [0.4, 0.5) is 0 Å². The maximum Gasteiger partial charge on any atom is 0.239 e. The molecule has 1 aliphatic carbocycles. The second kappa shape index (κ2) is 9.53. The van der Waals surface area contributed by atoms with Gasteiger partial charge in [-0.3, -0.25) is 14.6 Å². The van der Waals surface area contributed by atoms with E-state index >= 15 is 0 Å². The summed E-state index contributed by atoms with van der Waals surface area (Å²) < 4.78 is 0. The van der Waals surface area contributed by atoms with Crippen LogP contribution in [0.2, 0.25) is 5.02 Å². The number of amidine groups is 1. The van der Waals surface area contributed by atoms with Crippen LogP contribution in [0.15, 0.2) is 41.4 Å². The monoisotopic (exact) mass is 442 g/mol. The average Bonchev–Trinajstić information content (AvgIpc) is 2.79. The molecule has 1 aromatic carbocycles. The summed E-state index contributed by atoms with van der Waals surface area (Å²) in [5.41, 5.74) is 7.47. The van der Waals surface area contributed by atoms with Crippen molar-refractivity contribution in [3.8, 4) is 0 Å². The van der Waals surface area contributed by atoms with Crippen molar-refractivity contribution in [1.82, 2.24) is 10.2 Å². The lowest BCUT2D eigenvalue weighted by molar-refractivity contribution is -0.122. The van der Waals surface area contributed by atoms with E-state index in [0.29, 0.717) is 25.6 Å². The molecule has 0 spiro atoms. The summed E-state index contributed by atoms with van der Waals surface area (Å²) in [4.78, 5) is 30.7. The van der Waals surface area contributed by atoms with Crippen molar-refractivity contribution in [3.05, 3.63) is 47.0 Å². The molecule has 166 valence electrons. The zero-order valence-electron chi connectivity index (χ0n) is 17.9. The van der Waals surface area contributed by atoms with E-state index in [0.717, 1.165) is 55.9 Å². The summed E-state index contributed by atoms with van der Waals surface area (Å²) >= 11 is 6.22. The largest absolute Gasteiger partial charge is 0.353 e. The average molecular weight is 443 g/mol. The Balaban J connectivity index is 1.34. The maximum atomic E-state index is 12.4. The van der Waals surface area contributed by atoms with Gasteiger partial charge in [0.25, 0.3) is 0 Å². The molecule has 1 aromatic rings. The normalized spacial score (nSPS) is 29.0. The number of nitrogens with zero attached hydrogens (tertiary/aromatic N) is 2. The van der Waals surface area contributed by atoms with E-state index in [4.69, 9.17) is 22.3 Å². The van der Waals surface area contributed by atoms with Crippen molar-refractivity contribution in [3.63, 3.8) is 0 Å². The topological polar surface area (TPSA) is 87.8 Å². The second-order valence-corrected chi connectivity index (χ2v) is 9.46. The van der Waals surface area contributed by atoms with Gasteiger partial charge >= 0.3 is 0 Å². The number of piperazine rings is 1. The van der Waals surface area contributed by atoms with Gasteiger partial charge in [-0.05, 0) is 74.3 Å². The molecule has 3 N–H and O–H groups in total. The van der Waals surface area contributed by atoms with Crippen molar-refractivity contribution in [1.29, 1.82) is 0 Å². The number of ketones is 1. The predicted molar refractivity (Wildman–Crippen MR) is 123 cm³/mol. The summed E-state index contributed by atoms with van der Waals surface area (Å²) in [6, 6.07) is 7.77. The number of benzene rings is 1.